The Morgan fingerprint density at radius 1 is 1.47 bits per heavy atom. The third-order valence-electron chi connectivity index (χ3n) is 2.86. The Morgan fingerprint density at radius 2 is 2.18 bits per heavy atom. The lowest BCUT2D eigenvalue weighted by atomic mass is 9.98. The highest BCUT2D eigenvalue weighted by Gasteiger charge is 2.34. The molecule has 1 saturated heterocycles. The molecule has 5 nitrogen and oxygen atoms in total. The molecule has 17 heavy (non-hydrogen) atoms. The van der Waals surface area contributed by atoms with Crippen LogP contribution in [0.3, 0.4) is 0 Å². The van der Waals surface area contributed by atoms with Gasteiger partial charge in [0.2, 0.25) is 0 Å². The van der Waals surface area contributed by atoms with Crippen LogP contribution in [0.4, 0.5) is 0 Å². The molecule has 1 heterocycles. The van der Waals surface area contributed by atoms with Gasteiger partial charge in [0.15, 0.2) is 0 Å². The van der Waals surface area contributed by atoms with E-state index in [4.69, 9.17) is 14.2 Å². The highest BCUT2D eigenvalue weighted by atomic mass is 16.6. The average Bonchev–Trinajstić information content (AvgIpc) is 2.22. The van der Waals surface area contributed by atoms with Crippen molar-refractivity contribution in [2.75, 3.05) is 33.0 Å². The number of ether oxygens (including phenoxy) is 3. The van der Waals surface area contributed by atoms with Gasteiger partial charge in [-0.15, -0.1) is 0 Å². The summed E-state index contributed by atoms with van der Waals surface area (Å²) in [5.41, 5.74) is -0.657. The van der Waals surface area contributed by atoms with E-state index in [2.05, 4.69) is 5.32 Å². The molecule has 0 saturated carbocycles. The van der Waals surface area contributed by atoms with Gasteiger partial charge in [-0.1, -0.05) is 6.92 Å². The fourth-order valence-electron chi connectivity index (χ4n) is 1.68. The van der Waals surface area contributed by atoms with Gasteiger partial charge < -0.3 is 19.5 Å². The van der Waals surface area contributed by atoms with Crippen molar-refractivity contribution in [2.45, 2.75) is 38.8 Å². The smallest absolute Gasteiger partial charge is 0.326 e. The van der Waals surface area contributed by atoms with Crippen LogP contribution in [0.25, 0.3) is 0 Å². The van der Waals surface area contributed by atoms with Gasteiger partial charge in [0.1, 0.15) is 11.6 Å². The molecule has 0 aromatic carbocycles. The van der Waals surface area contributed by atoms with Crippen molar-refractivity contribution in [3.05, 3.63) is 0 Å². The van der Waals surface area contributed by atoms with E-state index in [1.165, 1.54) is 0 Å². The third kappa shape index (κ3) is 4.26. The van der Waals surface area contributed by atoms with Gasteiger partial charge in [0.05, 0.1) is 19.8 Å². The van der Waals surface area contributed by atoms with Gasteiger partial charge in [-0.05, 0) is 26.8 Å². The third-order valence-corrected chi connectivity index (χ3v) is 2.86. The Hall–Kier alpha value is -0.650. The molecule has 1 fully saturated rings. The van der Waals surface area contributed by atoms with Crippen LogP contribution in [0.1, 0.15) is 27.2 Å². The van der Waals surface area contributed by atoms with Crippen molar-refractivity contribution in [2.24, 2.45) is 0 Å². The van der Waals surface area contributed by atoms with Gasteiger partial charge in [0.25, 0.3) is 0 Å². The van der Waals surface area contributed by atoms with E-state index in [1.54, 1.807) is 0 Å². The lowest BCUT2D eigenvalue weighted by Crippen LogP contribution is -2.51. The zero-order valence-electron chi connectivity index (χ0n) is 11.0. The Labute approximate surface area is 103 Å². The molecule has 1 N–H and O–H groups in total. The van der Waals surface area contributed by atoms with Crippen molar-refractivity contribution < 1.29 is 19.0 Å². The van der Waals surface area contributed by atoms with Crippen LogP contribution in [-0.2, 0) is 19.0 Å². The van der Waals surface area contributed by atoms with Gasteiger partial charge in [-0.3, -0.25) is 4.79 Å². The van der Waals surface area contributed by atoms with Crippen molar-refractivity contribution in [3.8, 4) is 0 Å². The second-order valence-corrected chi connectivity index (χ2v) is 4.36. The van der Waals surface area contributed by atoms with E-state index < -0.39 is 5.54 Å². The van der Waals surface area contributed by atoms with Crippen LogP contribution in [0.2, 0.25) is 0 Å². The first-order valence-electron chi connectivity index (χ1n) is 6.24. The molecule has 0 aliphatic carbocycles. The normalized spacial score (nSPS) is 19.5. The molecular formula is C12H23NO4. The molecule has 0 bridgehead atoms. The van der Waals surface area contributed by atoms with E-state index >= 15 is 0 Å². The second kappa shape index (κ2) is 6.93. The molecule has 0 aromatic rings. The predicted octanol–water partition coefficient (Wildman–Crippen LogP) is 0.723. The number of carbonyl (C=O) groups is 1. The van der Waals surface area contributed by atoms with Gasteiger partial charge in [-0.25, -0.2) is 0 Å². The fraction of sp³-hybridized carbons (Fsp3) is 0.917. The Bertz CT molecular complexity index is 243. The van der Waals surface area contributed by atoms with Gasteiger partial charge in [0, 0.05) is 6.61 Å². The summed E-state index contributed by atoms with van der Waals surface area (Å²) in [6.07, 6.45) is 0.805. The minimum absolute atomic E-state index is 0.197. The minimum Gasteiger partial charge on any atom is -0.465 e. The molecule has 1 unspecified atom stereocenters. The predicted molar refractivity (Wildman–Crippen MR) is 63.9 cm³/mol. The first-order valence-corrected chi connectivity index (χ1v) is 6.24. The minimum atomic E-state index is -0.657. The molecule has 1 atom stereocenters. The summed E-state index contributed by atoms with van der Waals surface area (Å²) in [6, 6.07) is 0. The van der Waals surface area contributed by atoms with Crippen LogP contribution in [0.15, 0.2) is 0 Å². The number of nitrogens with one attached hydrogen (secondary N) is 1. The van der Waals surface area contributed by atoms with Crippen molar-refractivity contribution in [1.29, 1.82) is 0 Å². The van der Waals surface area contributed by atoms with E-state index in [0.29, 0.717) is 32.8 Å². The highest BCUT2D eigenvalue weighted by molar-refractivity contribution is 5.80. The van der Waals surface area contributed by atoms with Crippen molar-refractivity contribution >= 4 is 5.97 Å². The molecule has 100 valence electrons. The monoisotopic (exact) mass is 245 g/mol. The Kier molecular flexibility index (Phi) is 5.88. The number of hydrogen-bond donors (Lipinski definition) is 1. The first-order chi connectivity index (χ1) is 8.12. The molecule has 0 radical (unpaired) electrons. The molecule has 1 aliphatic heterocycles. The lowest BCUT2D eigenvalue weighted by molar-refractivity contribution is -0.154. The summed E-state index contributed by atoms with van der Waals surface area (Å²) in [5.74, 6) is -0.213. The zero-order chi connectivity index (χ0) is 12.7. The van der Waals surface area contributed by atoms with Gasteiger partial charge in [-0.2, -0.15) is 0 Å². The van der Waals surface area contributed by atoms with E-state index in [9.17, 15) is 4.79 Å². The zero-order valence-corrected chi connectivity index (χ0v) is 11.0. The maximum Gasteiger partial charge on any atom is 0.326 e. The summed E-state index contributed by atoms with van der Waals surface area (Å²) >= 11 is 0. The molecule has 1 rings (SSSR count). The molecule has 0 amide bonds. The number of likely N-dealkylation sites (N-methyl/N-ethyl adjacent to an activating group) is 1. The SMILES string of the molecule is CCNC(C)(CCOC1COC1)C(=O)OCC. The topological polar surface area (TPSA) is 56.8 Å². The van der Waals surface area contributed by atoms with E-state index in [0.717, 1.165) is 6.54 Å². The first kappa shape index (κ1) is 14.4. The van der Waals surface area contributed by atoms with Crippen LogP contribution in [0, 0.1) is 0 Å². The van der Waals surface area contributed by atoms with Crippen LogP contribution < -0.4 is 5.32 Å². The summed E-state index contributed by atoms with van der Waals surface area (Å²) in [6.45, 7) is 8.63. The molecule has 0 aromatic heterocycles. The number of carbonyl (C=O) groups excluding carboxylic acids is 1. The summed E-state index contributed by atoms with van der Waals surface area (Å²) in [4.78, 5) is 11.8. The quantitative estimate of drug-likeness (QED) is 0.639. The van der Waals surface area contributed by atoms with Gasteiger partial charge >= 0.3 is 5.97 Å². The number of esters is 1. The largest absolute Gasteiger partial charge is 0.465 e. The summed E-state index contributed by atoms with van der Waals surface area (Å²) < 4.78 is 15.7. The molecule has 1 aliphatic rings. The van der Waals surface area contributed by atoms with Crippen molar-refractivity contribution in [1.82, 2.24) is 5.32 Å². The summed E-state index contributed by atoms with van der Waals surface area (Å²) in [7, 11) is 0. The van der Waals surface area contributed by atoms with Crippen molar-refractivity contribution in [3.63, 3.8) is 0 Å². The van der Waals surface area contributed by atoms with E-state index in [1.807, 2.05) is 20.8 Å². The fourth-order valence-corrected chi connectivity index (χ4v) is 1.68. The van der Waals surface area contributed by atoms with E-state index in [-0.39, 0.29) is 12.1 Å². The molecule has 5 heteroatoms. The molecular weight excluding hydrogens is 222 g/mol. The maximum atomic E-state index is 11.8. The standard InChI is InChI=1S/C12H23NO4/c1-4-13-12(3,11(14)16-5-2)6-7-17-10-8-15-9-10/h10,13H,4-9H2,1-3H3. The number of rotatable bonds is 8. The highest BCUT2D eigenvalue weighted by Crippen LogP contribution is 2.14. The Morgan fingerprint density at radius 3 is 2.65 bits per heavy atom. The molecule has 0 spiro atoms. The second-order valence-electron chi connectivity index (χ2n) is 4.36. The van der Waals surface area contributed by atoms with Crippen LogP contribution >= 0.6 is 0 Å². The Balaban J connectivity index is 2.36. The van der Waals surface area contributed by atoms with Crippen LogP contribution in [0.5, 0.6) is 0 Å². The average molecular weight is 245 g/mol. The summed E-state index contributed by atoms with van der Waals surface area (Å²) in [5, 5.41) is 3.17. The van der Waals surface area contributed by atoms with Crippen LogP contribution in [-0.4, -0.2) is 50.6 Å². The maximum absolute atomic E-state index is 11.8. The number of hydrogen-bond acceptors (Lipinski definition) is 5. The lowest BCUT2D eigenvalue weighted by Gasteiger charge is -2.30.